The molecule has 0 saturated heterocycles. The number of carboxylic acids is 1. The van der Waals surface area contributed by atoms with E-state index in [-0.39, 0.29) is 17.6 Å². The molecule has 0 aromatic carbocycles. The Kier molecular flexibility index (Phi) is 4.23. The highest BCUT2D eigenvalue weighted by atomic mass is 16.4. The fraction of sp³-hybridized carbons (Fsp3) is 0.667. The number of aliphatic carboxylic acids is 1. The van der Waals surface area contributed by atoms with E-state index in [2.05, 4.69) is 10.7 Å². The largest absolute Gasteiger partial charge is 0.476 e. The van der Waals surface area contributed by atoms with Crippen LogP contribution in [-0.2, 0) is 4.79 Å². The highest BCUT2D eigenvalue weighted by molar-refractivity contribution is 5.86. The van der Waals surface area contributed by atoms with Gasteiger partial charge >= 0.3 is 5.97 Å². The van der Waals surface area contributed by atoms with Crippen LogP contribution in [-0.4, -0.2) is 17.1 Å². The van der Waals surface area contributed by atoms with Crippen LogP contribution in [0.3, 0.4) is 0 Å². The lowest BCUT2D eigenvalue weighted by Crippen LogP contribution is -2.39. The quantitative estimate of drug-likeness (QED) is 0.247. The van der Waals surface area contributed by atoms with E-state index in [9.17, 15) is 4.79 Å². The van der Waals surface area contributed by atoms with Crippen LogP contribution in [0, 0.1) is 0 Å². The van der Waals surface area contributed by atoms with E-state index in [1.165, 1.54) is 6.42 Å². The van der Waals surface area contributed by atoms with Crippen molar-refractivity contribution in [3.05, 3.63) is 11.5 Å². The molecule has 86 valence electrons. The molecule has 7 N–H and O–H groups in total. The predicted molar refractivity (Wildman–Crippen MR) is 56.2 cm³/mol. The molecule has 0 aromatic rings. The molecule has 0 aromatic heterocycles. The van der Waals surface area contributed by atoms with Crippen molar-refractivity contribution in [3.8, 4) is 0 Å². The minimum atomic E-state index is -1.15. The Morgan fingerprint density at radius 2 is 1.87 bits per heavy atom. The van der Waals surface area contributed by atoms with Gasteiger partial charge in [0.05, 0.1) is 0 Å². The zero-order chi connectivity index (χ0) is 11.3. The van der Waals surface area contributed by atoms with Gasteiger partial charge in [0.15, 0.2) is 5.70 Å². The van der Waals surface area contributed by atoms with Crippen molar-refractivity contribution >= 4 is 5.97 Å². The van der Waals surface area contributed by atoms with E-state index in [0.717, 1.165) is 25.7 Å². The van der Waals surface area contributed by atoms with Crippen LogP contribution in [0.1, 0.15) is 32.1 Å². The van der Waals surface area contributed by atoms with Crippen LogP contribution in [0.4, 0.5) is 0 Å². The van der Waals surface area contributed by atoms with Crippen LogP contribution in [0.5, 0.6) is 0 Å². The first kappa shape index (κ1) is 11.6. The molecular formula is C9H18N4O2. The Bertz CT molecular complexity index is 259. The topological polar surface area (TPSA) is 113 Å². The van der Waals surface area contributed by atoms with Crippen molar-refractivity contribution in [2.45, 2.75) is 38.1 Å². The molecule has 1 aliphatic rings. The molecule has 0 bridgehead atoms. The highest BCUT2D eigenvalue weighted by Gasteiger charge is 2.16. The molecule has 0 unspecified atom stereocenters. The molecule has 0 atom stereocenters. The molecule has 0 amide bonds. The van der Waals surface area contributed by atoms with E-state index in [0.29, 0.717) is 0 Å². The molecule has 0 radical (unpaired) electrons. The molecule has 0 aliphatic heterocycles. The molecule has 0 heterocycles. The molecule has 6 heteroatoms. The maximum absolute atomic E-state index is 10.7. The van der Waals surface area contributed by atoms with Crippen LogP contribution in [0.25, 0.3) is 0 Å². The van der Waals surface area contributed by atoms with Gasteiger partial charge in [-0.25, -0.2) is 4.79 Å². The van der Waals surface area contributed by atoms with Gasteiger partial charge < -0.3 is 21.6 Å². The number of nitrogens with two attached hydrogens (primary N) is 2. The van der Waals surface area contributed by atoms with Gasteiger partial charge in [0.2, 0.25) is 0 Å². The van der Waals surface area contributed by atoms with Gasteiger partial charge in [-0.1, -0.05) is 19.3 Å². The number of carboxylic acid groups (broad SMARTS) is 1. The summed E-state index contributed by atoms with van der Waals surface area (Å²) in [5.41, 5.74) is 7.51. The lowest BCUT2D eigenvalue weighted by Gasteiger charge is -2.24. The van der Waals surface area contributed by atoms with Crippen molar-refractivity contribution in [2.24, 2.45) is 11.6 Å². The minimum absolute atomic E-state index is 0.108. The molecule has 15 heavy (non-hydrogen) atoms. The third-order valence-corrected chi connectivity index (χ3v) is 2.59. The average Bonchev–Trinajstić information content (AvgIpc) is 2.19. The monoisotopic (exact) mass is 214 g/mol. The summed E-state index contributed by atoms with van der Waals surface area (Å²) in [6, 6.07) is 0.265. The summed E-state index contributed by atoms with van der Waals surface area (Å²) in [6.07, 6.45) is 5.60. The molecule has 0 spiro atoms. The fourth-order valence-corrected chi connectivity index (χ4v) is 1.79. The minimum Gasteiger partial charge on any atom is -0.476 e. The lowest BCUT2D eigenvalue weighted by atomic mass is 9.95. The average molecular weight is 214 g/mol. The first-order valence-corrected chi connectivity index (χ1v) is 5.11. The van der Waals surface area contributed by atoms with Crippen molar-refractivity contribution in [3.63, 3.8) is 0 Å². The van der Waals surface area contributed by atoms with E-state index in [4.69, 9.17) is 16.7 Å². The summed E-state index contributed by atoms with van der Waals surface area (Å²) in [4.78, 5) is 10.7. The van der Waals surface area contributed by atoms with Gasteiger partial charge in [-0.3, -0.25) is 5.84 Å². The molecule has 6 nitrogen and oxygen atoms in total. The number of hydrogen-bond donors (Lipinski definition) is 5. The Labute approximate surface area is 88.7 Å². The van der Waals surface area contributed by atoms with E-state index >= 15 is 0 Å². The fourth-order valence-electron chi connectivity index (χ4n) is 1.79. The molecule has 1 fully saturated rings. The zero-order valence-electron chi connectivity index (χ0n) is 8.62. The highest BCUT2D eigenvalue weighted by Crippen LogP contribution is 2.17. The van der Waals surface area contributed by atoms with Crippen molar-refractivity contribution in [1.82, 2.24) is 10.7 Å². The second-order valence-electron chi connectivity index (χ2n) is 3.72. The second-order valence-corrected chi connectivity index (χ2v) is 3.72. The lowest BCUT2D eigenvalue weighted by molar-refractivity contribution is -0.133. The Morgan fingerprint density at radius 3 is 2.33 bits per heavy atom. The van der Waals surface area contributed by atoms with E-state index < -0.39 is 5.97 Å². The molecular weight excluding hydrogens is 196 g/mol. The molecule has 1 rings (SSSR count). The molecule has 1 aliphatic carbocycles. The van der Waals surface area contributed by atoms with Crippen molar-refractivity contribution in [2.75, 3.05) is 0 Å². The zero-order valence-corrected chi connectivity index (χ0v) is 8.62. The van der Waals surface area contributed by atoms with Gasteiger partial charge in [0, 0.05) is 6.04 Å². The van der Waals surface area contributed by atoms with Crippen LogP contribution in [0.2, 0.25) is 0 Å². The third kappa shape index (κ3) is 3.32. The Balaban J connectivity index is 2.57. The van der Waals surface area contributed by atoms with E-state index in [1.54, 1.807) is 0 Å². The van der Waals surface area contributed by atoms with Gasteiger partial charge in [0.1, 0.15) is 5.82 Å². The van der Waals surface area contributed by atoms with Gasteiger partial charge in [-0.15, -0.1) is 0 Å². The van der Waals surface area contributed by atoms with Crippen LogP contribution < -0.4 is 22.3 Å². The van der Waals surface area contributed by atoms with Crippen molar-refractivity contribution < 1.29 is 9.90 Å². The summed E-state index contributed by atoms with van der Waals surface area (Å²) in [6.45, 7) is 0. The maximum Gasteiger partial charge on any atom is 0.357 e. The van der Waals surface area contributed by atoms with Crippen LogP contribution in [0.15, 0.2) is 11.5 Å². The Hall–Kier alpha value is -1.43. The van der Waals surface area contributed by atoms with E-state index in [1.807, 2.05) is 0 Å². The number of carbonyl (C=O) groups is 1. The predicted octanol–water partition coefficient (Wildman–Crippen LogP) is -0.416. The summed E-state index contributed by atoms with van der Waals surface area (Å²) >= 11 is 0. The maximum atomic E-state index is 10.7. The van der Waals surface area contributed by atoms with Gasteiger partial charge in [0.25, 0.3) is 0 Å². The summed E-state index contributed by atoms with van der Waals surface area (Å²) in [7, 11) is 0. The number of rotatable bonds is 4. The summed E-state index contributed by atoms with van der Waals surface area (Å²) in [5, 5.41) is 11.7. The normalized spacial score (nSPS) is 19.3. The van der Waals surface area contributed by atoms with Crippen molar-refractivity contribution in [1.29, 1.82) is 0 Å². The van der Waals surface area contributed by atoms with Gasteiger partial charge in [-0.2, -0.15) is 0 Å². The number of hydrazine groups is 1. The first-order chi connectivity index (χ1) is 7.15. The first-order valence-electron chi connectivity index (χ1n) is 5.11. The second kappa shape index (κ2) is 5.45. The standard InChI is InChI=1S/C9H18N4O2/c10-8(7(13-11)9(14)15)12-6-4-2-1-3-5-6/h6,12-13H,1-5,10-11H2,(H,14,15)/b8-7+. The SMILES string of the molecule is NN/C(C(=O)O)=C(\N)NC1CCCCC1. The number of hydrogen-bond acceptors (Lipinski definition) is 5. The van der Waals surface area contributed by atoms with Crippen LogP contribution >= 0.6 is 0 Å². The third-order valence-electron chi connectivity index (χ3n) is 2.59. The Morgan fingerprint density at radius 1 is 1.27 bits per heavy atom. The summed E-state index contributed by atoms with van der Waals surface area (Å²) < 4.78 is 0. The molecule has 1 saturated carbocycles. The van der Waals surface area contributed by atoms with Gasteiger partial charge in [-0.05, 0) is 12.8 Å². The number of nitrogens with one attached hydrogen (secondary N) is 2. The summed E-state index contributed by atoms with van der Waals surface area (Å²) in [5.74, 6) is 4.02. The smallest absolute Gasteiger partial charge is 0.357 e.